The molecule has 0 unspecified atom stereocenters. The van der Waals surface area contributed by atoms with E-state index in [1.165, 1.54) is 5.33 Å². The second-order valence-corrected chi connectivity index (χ2v) is 4.65. The first-order valence-corrected chi connectivity index (χ1v) is 5.29. The van der Waals surface area contributed by atoms with Gasteiger partial charge in [-0.2, -0.15) is 0 Å². The summed E-state index contributed by atoms with van der Waals surface area (Å²) in [7, 11) is 1.08. The fourth-order valence-electron chi connectivity index (χ4n) is 0.838. The van der Waals surface area contributed by atoms with Gasteiger partial charge >= 0.3 is 0 Å². The lowest BCUT2D eigenvalue weighted by atomic mass is 10.4. The lowest BCUT2D eigenvalue weighted by Crippen LogP contribution is -2.29. The zero-order chi connectivity index (χ0) is 8.85. The minimum atomic E-state index is 0.455. The van der Waals surface area contributed by atoms with Gasteiger partial charge in [-0.05, 0) is 19.2 Å². The number of rotatable bonds is 4. The molecular formula is C8H20N2Si. The highest BCUT2D eigenvalue weighted by atomic mass is 28.1. The van der Waals surface area contributed by atoms with Crippen molar-refractivity contribution in [3.05, 3.63) is 0 Å². The average molecular weight is 172 g/mol. The molecule has 0 aromatic rings. The van der Waals surface area contributed by atoms with Gasteiger partial charge in [0.15, 0.2) is 0 Å². The van der Waals surface area contributed by atoms with E-state index in [4.69, 9.17) is 0 Å². The van der Waals surface area contributed by atoms with Crippen molar-refractivity contribution in [1.82, 2.24) is 5.32 Å². The molecule has 0 radical (unpaired) electrons. The molecule has 0 fully saturated rings. The fraction of sp³-hybridized carbons (Fsp3) is 0.875. The molecule has 2 nitrogen and oxygen atoms in total. The van der Waals surface area contributed by atoms with Crippen LogP contribution in [-0.4, -0.2) is 34.2 Å². The maximum Gasteiger partial charge on any atom is 0.0581 e. The van der Waals surface area contributed by atoms with Gasteiger partial charge in [-0.3, -0.25) is 4.99 Å². The Morgan fingerprint density at radius 1 is 1.36 bits per heavy atom. The summed E-state index contributed by atoms with van der Waals surface area (Å²) in [6.45, 7) is 9.52. The third-order valence-corrected chi connectivity index (χ3v) is 1.86. The van der Waals surface area contributed by atoms with Crippen molar-refractivity contribution in [2.75, 3.05) is 6.54 Å². The molecule has 3 heteroatoms. The van der Waals surface area contributed by atoms with Crippen molar-refractivity contribution < 1.29 is 0 Å². The van der Waals surface area contributed by atoms with E-state index in [1.807, 2.05) is 0 Å². The second kappa shape index (κ2) is 5.49. The van der Waals surface area contributed by atoms with Crippen molar-refractivity contribution in [1.29, 1.82) is 0 Å². The van der Waals surface area contributed by atoms with E-state index in [-0.39, 0.29) is 0 Å². The van der Waals surface area contributed by atoms with Crippen molar-refractivity contribution in [3.8, 4) is 0 Å². The maximum atomic E-state index is 4.47. The number of nitrogens with one attached hydrogen (secondary N) is 1. The van der Waals surface area contributed by atoms with Crippen LogP contribution in [0.2, 0.25) is 0 Å². The molecule has 0 saturated heterocycles. The van der Waals surface area contributed by atoms with Gasteiger partial charge in [0.2, 0.25) is 0 Å². The second-order valence-electron chi connectivity index (χ2n) is 3.49. The van der Waals surface area contributed by atoms with Gasteiger partial charge in [0, 0.05) is 18.6 Å². The fourth-order valence-corrected chi connectivity index (χ4v) is 1.56. The zero-order valence-electron chi connectivity index (χ0n) is 8.31. The summed E-state index contributed by atoms with van der Waals surface area (Å²) in [5, 5.41) is 4.68. The van der Waals surface area contributed by atoms with Crippen LogP contribution >= 0.6 is 0 Å². The Morgan fingerprint density at radius 3 is 2.27 bits per heavy atom. The Kier molecular flexibility index (Phi) is 5.41. The van der Waals surface area contributed by atoms with E-state index in [0.29, 0.717) is 12.1 Å². The molecule has 66 valence electrons. The minimum Gasteiger partial charge on any atom is -0.310 e. The minimum absolute atomic E-state index is 0.455. The quantitative estimate of drug-likeness (QED) is 0.474. The first-order chi connectivity index (χ1) is 5.02. The molecule has 0 bridgehead atoms. The Morgan fingerprint density at radius 2 is 1.91 bits per heavy atom. The van der Waals surface area contributed by atoms with Crippen LogP contribution in [0.4, 0.5) is 0 Å². The van der Waals surface area contributed by atoms with Crippen LogP contribution < -0.4 is 5.32 Å². The molecule has 0 rings (SSSR count). The summed E-state index contributed by atoms with van der Waals surface area (Å²) in [6.07, 6.45) is 0. The smallest absolute Gasteiger partial charge is 0.0581 e. The van der Waals surface area contributed by atoms with Gasteiger partial charge in [0.25, 0.3) is 0 Å². The summed E-state index contributed by atoms with van der Waals surface area (Å²) in [6, 6.07) is 1.03. The zero-order valence-corrected chi connectivity index (χ0v) is 10.3. The highest BCUT2D eigenvalue weighted by Crippen LogP contribution is 1.86. The molecule has 0 aromatic heterocycles. The van der Waals surface area contributed by atoms with Gasteiger partial charge in [0.1, 0.15) is 0 Å². The molecule has 0 aliphatic heterocycles. The van der Waals surface area contributed by atoms with Crippen LogP contribution in [-0.2, 0) is 0 Å². The Bertz CT molecular complexity index is 130. The van der Waals surface area contributed by atoms with Crippen molar-refractivity contribution in [2.45, 2.75) is 39.8 Å². The number of aliphatic imine (C=N–C) groups is 1. The predicted molar refractivity (Wildman–Crippen MR) is 55.6 cm³/mol. The number of hydrogen-bond acceptors (Lipinski definition) is 2. The van der Waals surface area contributed by atoms with Gasteiger partial charge in [-0.1, -0.05) is 13.8 Å². The van der Waals surface area contributed by atoms with E-state index >= 15 is 0 Å². The van der Waals surface area contributed by atoms with Gasteiger partial charge in [-0.25, -0.2) is 0 Å². The summed E-state index contributed by atoms with van der Waals surface area (Å²) in [5.41, 5.74) is 0. The van der Waals surface area contributed by atoms with E-state index < -0.39 is 0 Å². The molecule has 0 amide bonds. The van der Waals surface area contributed by atoms with E-state index in [1.54, 1.807) is 0 Å². The topological polar surface area (TPSA) is 24.4 Å². The third-order valence-electron chi connectivity index (χ3n) is 1.24. The molecule has 0 saturated carbocycles. The molecule has 0 aliphatic rings. The lowest BCUT2D eigenvalue weighted by Gasteiger charge is -2.08. The lowest BCUT2D eigenvalue weighted by molar-refractivity contribution is 0.642. The number of hydrogen-bond donors (Lipinski definition) is 1. The molecule has 0 atom stereocenters. The van der Waals surface area contributed by atoms with Crippen LogP contribution in [0.15, 0.2) is 4.99 Å². The molecule has 0 aromatic carbocycles. The first kappa shape index (κ1) is 10.8. The standard InChI is InChI=1S/C8H20N2Si/c1-6(2)9-5-8(11)10-7(3)4/h6-7,9H,5H2,1-4,11H3. The molecule has 0 heterocycles. The van der Waals surface area contributed by atoms with Crippen molar-refractivity contribution in [2.24, 2.45) is 4.99 Å². The van der Waals surface area contributed by atoms with Gasteiger partial charge in [0.05, 0.1) is 10.2 Å². The van der Waals surface area contributed by atoms with Crippen LogP contribution in [0.1, 0.15) is 27.7 Å². The first-order valence-electron chi connectivity index (χ1n) is 4.29. The van der Waals surface area contributed by atoms with Crippen LogP contribution in [0, 0.1) is 0 Å². The SMILES string of the molecule is CC(C)N=C([SiH3])CNC(C)C. The largest absolute Gasteiger partial charge is 0.310 e. The van der Waals surface area contributed by atoms with Crippen LogP contribution in [0.5, 0.6) is 0 Å². The monoisotopic (exact) mass is 172 g/mol. The van der Waals surface area contributed by atoms with Crippen LogP contribution in [0.3, 0.4) is 0 Å². The number of nitrogens with zero attached hydrogens (tertiary/aromatic N) is 1. The summed E-state index contributed by atoms with van der Waals surface area (Å²) in [4.78, 5) is 4.47. The summed E-state index contributed by atoms with van der Waals surface area (Å²) in [5.74, 6) is 0. The third kappa shape index (κ3) is 7.75. The Labute approximate surface area is 72.9 Å². The molecule has 0 spiro atoms. The average Bonchev–Trinajstić information content (AvgIpc) is 1.82. The summed E-state index contributed by atoms with van der Waals surface area (Å²) >= 11 is 0. The van der Waals surface area contributed by atoms with Gasteiger partial charge < -0.3 is 5.32 Å². The summed E-state index contributed by atoms with van der Waals surface area (Å²) < 4.78 is 0. The van der Waals surface area contributed by atoms with Gasteiger partial charge in [-0.15, -0.1) is 0 Å². The molecule has 11 heavy (non-hydrogen) atoms. The van der Waals surface area contributed by atoms with Crippen molar-refractivity contribution >= 4 is 15.6 Å². The van der Waals surface area contributed by atoms with E-state index in [2.05, 4.69) is 38.0 Å². The molecule has 0 aliphatic carbocycles. The van der Waals surface area contributed by atoms with Crippen molar-refractivity contribution in [3.63, 3.8) is 0 Å². The predicted octanol–water partition coefficient (Wildman–Crippen LogP) is 0.157. The Balaban J connectivity index is 3.59. The van der Waals surface area contributed by atoms with Crippen LogP contribution in [0.25, 0.3) is 0 Å². The molecule has 1 N–H and O–H groups in total. The highest BCUT2D eigenvalue weighted by Gasteiger charge is 1.94. The molecular weight excluding hydrogens is 152 g/mol. The maximum absolute atomic E-state index is 4.47. The Hall–Kier alpha value is -0.153. The van der Waals surface area contributed by atoms with E-state index in [0.717, 1.165) is 16.8 Å². The highest BCUT2D eigenvalue weighted by molar-refractivity contribution is 6.60. The normalized spacial score (nSPS) is 13.5. The van der Waals surface area contributed by atoms with E-state index in [9.17, 15) is 0 Å².